The molecule has 0 unspecified atom stereocenters. The SMILES string of the molecule is Cc1nn(C)c(C)c1CCCN(C)c1ccc(NS(=O)(=O)c2ccc(C(C)C)cc2)cc1C(=O)O. The summed E-state index contributed by atoms with van der Waals surface area (Å²) in [5.74, 6) is -0.826. The zero-order chi connectivity index (χ0) is 25.9. The van der Waals surface area contributed by atoms with Crippen LogP contribution < -0.4 is 9.62 Å². The molecule has 0 aliphatic rings. The number of carboxylic acid groups (broad SMARTS) is 1. The Balaban J connectivity index is 1.74. The van der Waals surface area contributed by atoms with E-state index < -0.39 is 16.0 Å². The number of aromatic carboxylic acids is 1. The molecule has 0 fully saturated rings. The van der Waals surface area contributed by atoms with Crippen molar-refractivity contribution >= 4 is 27.4 Å². The molecule has 3 rings (SSSR count). The van der Waals surface area contributed by atoms with Crippen LogP contribution in [-0.4, -0.2) is 42.9 Å². The lowest BCUT2D eigenvalue weighted by molar-refractivity contribution is 0.0697. The number of anilines is 2. The maximum absolute atomic E-state index is 12.8. The maximum atomic E-state index is 12.8. The molecule has 0 aliphatic carbocycles. The van der Waals surface area contributed by atoms with Crippen molar-refractivity contribution in [1.82, 2.24) is 9.78 Å². The Kier molecular flexibility index (Phi) is 7.90. The highest BCUT2D eigenvalue weighted by atomic mass is 32.2. The Morgan fingerprint density at radius 3 is 2.34 bits per heavy atom. The molecule has 9 heteroatoms. The lowest BCUT2D eigenvalue weighted by Gasteiger charge is -2.22. The van der Waals surface area contributed by atoms with Crippen LogP contribution >= 0.6 is 0 Å². The number of benzene rings is 2. The van der Waals surface area contributed by atoms with E-state index in [1.807, 2.05) is 51.4 Å². The molecule has 2 aromatic carbocycles. The first-order valence-electron chi connectivity index (χ1n) is 11.6. The van der Waals surface area contributed by atoms with Gasteiger partial charge in [0.1, 0.15) is 0 Å². The molecule has 0 amide bonds. The van der Waals surface area contributed by atoms with Crippen molar-refractivity contribution in [2.45, 2.75) is 51.3 Å². The van der Waals surface area contributed by atoms with Gasteiger partial charge in [0.15, 0.2) is 0 Å². The number of sulfonamides is 1. The summed E-state index contributed by atoms with van der Waals surface area (Å²) in [5, 5.41) is 14.2. The first-order chi connectivity index (χ1) is 16.4. The molecule has 0 bridgehead atoms. The third-order valence-corrected chi connectivity index (χ3v) is 7.72. The summed E-state index contributed by atoms with van der Waals surface area (Å²) in [7, 11) is -0.0845. The summed E-state index contributed by atoms with van der Waals surface area (Å²) in [4.78, 5) is 14.0. The molecular formula is C26H34N4O4S. The number of nitrogens with one attached hydrogen (secondary N) is 1. The van der Waals surface area contributed by atoms with Gasteiger partial charge in [0.2, 0.25) is 0 Å². The molecule has 1 heterocycles. The van der Waals surface area contributed by atoms with Crippen LogP contribution in [-0.2, 0) is 23.5 Å². The first-order valence-corrected chi connectivity index (χ1v) is 13.1. The minimum absolute atomic E-state index is 0.0385. The molecule has 0 saturated carbocycles. The Labute approximate surface area is 207 Å². The van der Waals surface area contributed by atoms with E-state index in [1.165, 1.54) is 11.6 Å². The van der Waals surface area contributed by atoms with E-state index >= 15 is 0 Å². The Morgan fingerprint density at radius 1 is 1.14 bits per heavy atom. The summed E-state index contributed by atoms with van der Waals surface area (Å²) >= 11 is 0. The quantitative estimate of drug-likeness (QED) is 0.419. The van der Waals surface area contributed by atoms with Crippen molar-refractivity contribution in [2.75, 3.05) is 23.2 Å². The minimum atomic E-state index is -3.85. The second kappa shape index (κ2) is 10.5. The number of carboxylic acids is 1. The van der Waals surface area contributed by atoms with E-state index in [1.54, 1.807) is 36.4 Å². The minimum Gasteiger partial charge on any atom is -0.478 e. The lowest BCUT2D eigenvalue weighted by Crippen LogP contribution is -2.22. The van der Waals surface area contributed by atoms with Crippen molar-refractivity contribution in [3.8, 4) is 0 Å². The van der Waals surface area contributed by atoms with Gasteiger partial charge in [-0.25, -0.2) is 13.2 Å². The van der Waals surface area contributed by atoms with Gasteiger partial charge >= 0.3 is 5.97 Å². The fourth-order valence-corrected chi connectivity index (χ4v) is 5.19. The summed E-state index contributed by atoms with van der Waals surface area (Å²) in [6, 6.07) is 11.3. The zero-order valence-electron chi connectivity index (χ0n) is 21.2. The molecule has 0 spiro atoms. The molecule has 0 atom stereocenters. The molecule has 3 aromatic rings. The van der Waals surface area contributed by atoms with E-state index in [4.69, 9.17) is 0 Å². The van der Waals surface area contributed by atoms with Crippen LogP contribution in [0.4, 0.5) is 11.4 Å². The standard InChI is InChI=1S/C26H34N4O4S/c1-17(2)20-9-12-22(13-10-20)35(33,34)28-21-11-14-25(24(16-21)26(31)32)29(5)15-7-8-23-18(3)27-30(6)19(23)4/h9-14,16-17,28H,7-8,15H2,1-6H3,(H,31,32). The smallest absolute Gasteiger partial charge is 0.337 e. The van der Waals surface area contributed by atoms with Crippen molar-refractivity contribution in [3.63, 3.8) is 0 Å². The number of aromatic nitrogens is 2. The van der Waals surface area contributed by atoms with Gasteiger partial charge in [-0.3, -0.25) is 9.40 Å². The van der Waals surface area contributed by atoms with Crippen LogP contribution in [0.5, 0.6) is 0 Å². The number of hydrogen-bond donors (Lipinski definition) is 2. The van der Waals surface area contributed by atoms with Crippen LogP contribution in [0.2, 0.25) is 0 Å². The largest absolute Gasteiger partial charge is 0.478 e. The van der Waals surface area contributed by atoms with Crippen LogP contribution in [0.3, 0.4) is 0 Å². The van der Waals surface area contributed by atoms with Crippen molar-refractivity contribution in [2.24, 2.45) is 7.05 Å². The summed E-state index contributed by atoms with van der Waals surface area (Å²) in [6.07, 6.45) is 1.66. The second-order valence-electron chi connectivity index (χ2n) is 9.16. The fraction of sp³-hybridized carbons (Fsp3) is 0.385. The fourth-order valence-electron chi connectivity index (χ4n) is 4.14. The predicted octanol–water partition coefficient (Wildman–Crippen LogP) is 4.73. The van der Waals surface area contributed by atoms with Crippen molar-refractivity contribution < 1.29 is 18.3 Å². The molecule has 188 valence electrons. The summed E-state index contributed by atoms with van der Waals surface area (Å²) < 4.78 is 30.1. The van der Waals surface area contributed by atoms with Crippen LogP contribution in [0.25, 0.3) is 0 Å². The number of nitrogens with zero attached hydrogens (tertiary/aromatic N) is 3. The number of rotatable bonds is 10. The van der Waals surface area contributed by atoms with Crippen LogP contribution in [0, 0.1) is 13.8 Å². The third-order valence-electron chi connectivity index (χ3n) is 6.33. The van der Waals surface area contributed by atoms with Gasteiger partial charge in [-0.2, -0.15) is 5.10 Å². The molecule has 8 nitrogen and oxygen atoms in total. The van der Waals surface area contributed by atoms with E-state index in [-0.39, 0.29) is 16.1 Å². The molecule has 0 saturated heterocycles. The molecule has 0 radical (unpaired) electrons. The Morgan fingerprint density at radius 2 is 1.80 bits per heavy atom. The Hall–Kier alpha value is -3.33. The van der Waals surface area contributed by atoms with Gasteiger partial charge < -0.3 is 10.0 Å². The van der Waals surface area contributed by atoms with Gasteiger partial charge in [0, 0.05) is 32.0 Å². The van der Waals surface area contributed by atoms with Gasteiger partial charge in [-0.15, -0.1) is 0 Å². The van der Waals surface area contributed by atoms with Gasteiger partial charge in [-0.05, 0) is 74.1 Å². The Bertz CT molecular complexity index is 1310. The average Bonchev–Trinajstić information content (AvgIpc) is 3.04. The first kappa shape index (κ1) is 26.3. The van der Waals surface area contributed by atoms with E-state index in [9.17, 15) is 18.3 Å². The number of carbonyl (C=O) groups is 1. The number of aryl methyl sites for hydroxylation is 2. The van der Waals surface area contributed by atoms with Crippen molar-refractivity contribution in [1.29, 1.82) is 0 Å². The third kappa shape index (κ3) is 6.03. The summed E-state index contributed by atoms with van der Waals surface area (Å²) in [6.45, 7) is 8.75. The van der Waals surface area contributed by atoms with E-state index in [2.05, 4.69) is 9.82 Å². The molecule has 0 aliphatic heterocycles. The van der Waals surface area contributed by atoms with Crippen molar-refractivity contribution in [3.05, 3.63) is 70.5 Å². The molecular weight excluding hydrogens is 464 g/mol. The highest BCUT2D eigenvalue weighted by Crippen LogP contribution is 2.27. The monoisotopic (exact) mass is 498 g/mol. The van der Waals surface area contributed by atoms with Crippen LogP contribution in [0.1, 0.15) is 59.1 Å². The average molecular weight is 499 g/mol. The topological polar surface area (TPSA) is 105 Å². The molecule has 35 heavy (non-hydrogen) atoms. The van der Waals surface area contributed by atoms with Gasteiger partial charge in [0.25, 0.3) is 10.0 Å². The lowest BCUT2D eigenvalue weighted by atomic mass is 10.0. The zero-order valence-corrected chi connectivity index (χ0v) is 22.0. The summed E-state index contributed by atoms with van der Waals surface area (Å²) in [5.41, 5.74) is 5.16. The highest BCUT2D eigenvalue weighted by molar-refractivity contribution is 7.92. The molecule has 1 aromatic heterocycles. The van der Waals surface area contributed by atoms with Gasteiger partial charge in [-0.1, -0.05) is 26.0 Å². The van der Waals surface area contributed by atoms with Crippen LogP contribution in [0.15, 0.2) is 47.4 Å². The van der Waals surface area contributed by atoms with E-state index in [0.29, 0.717) is 18.2 Å². The van der Waals surface area contributed by atoms with E-state index in [0.717, 1.165) is 29.8 Å². The highest BCUT2D eigenvalue weighted by Gasteiger charge is 2.19. The second-order valence-corrected chi connectivity index (χ2v) is 10.8. The normalized spacial score (nSPS) is 11.6. The van der Waals surface area contributed by atoms with Gasteiger partial charge in [0.05, 0.1) is 21.8 Å². The number of hydrogen-bond acceptors (Lipinski definition) is 5. The predicted molar refractivity (Wildman–Crippen MR) is 139 cm³/mol. The maximum Gasteiger partial charge on any atom is 0.337 e. The molecule has 2 N–H and O–H groups in total.